The van der Waals surface area contributed by atoms with E-state index in [1.54, 1.807) is 31.8 Å². The summed E-state index contributed by atoms with van der Waals surface area (Å²) in [6.07, 6.45) is 5.19. The van der Waals surface area contributed by atoms with Gasteiger partial charge >= 0.3 is 0 Å². The summed E-state index contributed by atoms with van der Waals surface area (Å²) >= 11 is 0. The van der Waals surface area contributed by atoms with Crippen LogP contribution in [0.1, 0.15) is 11.3 Å². The van der Waals surface area contributed by atoms with Gasteiger partial charge in [-0.25, -0.2) is 9.37 Å². The number of imidazole rings is 1. The molecule has 6 nitrogen and oxygen atoms in total. The van der Waals surface area contributed by atoms with Crippen LogP contribution in [0.3, 0.4) is 0 Å². The van der Waals surface area contributed by atoms with Gasteiger partial charge in [0.25, 0.3) is 0 Å². The minimum Gasteiger partial charge on any atom is -0.382 e. The zero-order chi connectivity index (χ0) is 16.9. The smallest absolute Gasteiger partial charge is 0.133 e. The third kappa shape index (κ3) is 3.52. The largest absolute Gasteiger partial charge is 0.382 e. The molecule has 0 aliphatic rings. The van der Waals surface area contributed by atoms with Crippen LogP contribution in [0.15, 0.2) is 36.9 Å². The van der Waals surface area contributed by atoms with Crippen molar-refractivity contribution in [2.75, 3.05) is 20.3 Å². The fraction of sp³-hybridized carbons (Fsp3) is 0.294. The molecule has 7 heteroatoms. The second kappa shape index (κ2) is 7.37. The van der Waals surface area contributed by atoms with Gasteiger partial charge in [-0.05, 0) is 30.7 Å². The van der Waals surface area contributed by atoms with E-state index in [0.717, 1.165) is 16.9 Å². The number of aryl methyl sites for hydroxylation is 1. The summed E-state index contributed by atoms with van der Waals surface area (Å²) in [6.45, 7) is 3.26. The maximum Gasteiger partial charge on any atom is 0.133 e. The number of rotatable bonds is 7. The Morgan fingerprint density at radius 1 is 1.25 bits per heavy atom. The van der Waals surface area contributed by atoms with E-state index in [4.69, 9.17) is 9.47 Å². The fourth-order valence-corrected chi connectivity index (χ4v) is 2.44. The normalized spacial score (nSPS) is 11.1. The number of nitrogens with one attached hydrogen (secondary N) is 1. The summed E-state index contributed by atoms with van der Waals surface area (Å²) in [5.41, 5.74) is 3.45. The first kappa shape index (κ1) is 16.4. The maximum atomic E-state index is 14.4. The Bertz CT molecular complexity index is 799. The molecule has 1 aromatic carbocycles. The number of ether oxygens (including phenoxy) is 2. The highest BCUT2D eigenvalue weighted by molar-refractivity contribution is 5.65. The van der Waals surface area contributed by atoms with Gasteiger partial charge in [-0.1, -0.05) is 0 Å². The highest BCUT2D eigenvalue weighted by Gasteiger charge is 2.13. The van der Waals surface area contributed by atoms with Crippen molar-refractivity contribution in [1.29, 1.82) is 0 Å². The summed E-state index contributed by atoms with van der Waals surface area (Å²) in [5.74, 6) is -0.310. The van der Waals surface area contributed by atoms with Crippen molar-refractivity contribution < 1.29 is 13.9 Å². The number of H-pyrrole nitrogens is 1. The van der Waals surface area contributed by atoms with E-state index >= 15 is 0 Å². The van der Waals surface area contributed by atoms with Crippen LogP contribution in [0.2, 0.25) is 0 Å². The molecular weight excluding hydrogens is 311 g/mol. The fourth-order valence-electron chi connectivity index (χ4n) is 2.44. The lowest BCUT2D eigenvalue weighted by atomic mass is 10.1. The molecule has 1 N–H and O–H groups in total. The summed E-state index contributed by atoms with van der Waals surface area (Å²) in [5, 5.41) is 7.07. The lowest BCUT2D eigenvalue weighted by molar-refractivity contribution is 0.0602. The maximum absolute atomic E-state index is 14.4. The molecule has 0 atom stereocenters. The zero-order valence-electron chi connectivity index (χ0n) is 13.6. The quantitative estimate of drug-likeness (QED) is 0.677. The minimum atomic E-state index is -0.310. The Balaban J connectivity index is 1.84. The van der Waals surface area contributed by atoms with E-state index in [1.165, 1.54) is 6.07 Å². The third-order valence-electron chi connectivity index (χ3n) is 3.66. The first-order chi connectivity index (χ1) is 11.7. The molecule has 0 aliphatic heterocycles. The monoisotopic (exact) mass is 330 g/mol. The van der Waals surface area contributed by atoms with Crippen molar-refractivity contribution >= 4 is 0 Å². The lowest BCUT2D eigenvalue weighted by Gasteiger charge is -2.09. The van der Waals surface area contributed by atoms with Crippen LogP contribution in [0.4, 0.5) is 4.39 Å². The average Bonchev–Trinajstić information content (AvgIpc) is 3.23. The number of aromatic nitrogens is 4. The SMILES string of the molecule is COCCOCc1cc(-c2cc(-n3ccnc3)c(C)cc2F)n[nH]1. The summed E-state index contributed by atoms with van der Waals surface area (Å²) in [4.78, 5) is 4.04. The standard InChI is InChI=1S/C17H19FN4O2/c1-12-7-15(18)14(9-17(12)22-4-3-19-11-22)16-8-13(20-21-16)10-24-6-5-23-2/h3-4,7-9,11H,5-6,10H2,1-2H3,(H,20,21). The van der Waals surface area contributed by atoms with Crippen molar-refractivity contribution in [3.63, 3.8) is 0 Å². The second-order valence-electron chi connectivity index (χ2n) is 5.41. The minimum absolute atomic E-state index is 0.310. The highest BCUT2D eigenvalue weighted by atomic mass is 19.1. The van der Waals surface area contributed by atoms with Crippen molar-refractivity contribution in [1.82, 2.24) is 19.7 Å². The van der Waals surface area contributed by atoms with Gasteiger partial charge < -0.3 is 14.0 Å². The molecular formula is C17H19FN4O2. The number of hydrogen-bond donors (Lipinski definition) is 1. The number of nitrogens with zero attached hydrogens (tertiary/aromatic N) is 3. The van der Waals surface area contributed by atoms with Gasteiger partial charge in [0.2, 0.25) is 0 Å². The Labute approximate surface area is 139 Å². The number of methoxy groups -OCH3 is 1. The molecule has 0 unspecified atom stereocenters. The predicted molar refractivity (Wildman–Crippen MR) is 87.4 cm³/mol. The van der Waals surface area contributed by atoms with Crippen molar-refractivity contribution in [2.45, 2.75) is 13.5 Å². The van der Waals surface area contributed by atoms with Crippen LogP contribution >= 0.6 is 0 Å². The molecule has 0 saturated heterocycles. The first-order valence-electron chi connectivity index (χ1n) is 7.59. The molecule has 2 aromatic heterocycles. The third-order valence-corrected chi connectivity index (χ3v) is 3.66. The molecule has 126 valence electrons. The molecule has 0 saturated carbocycles. The van der Waals surface area contributed by atoms with Gasteiger partial charge in [0.1, 0.15) is 5.82 Å². The molecule has 0 bridgehead atoms. The van der Waals surface area contributed by atoms with E-state index < -0.39 is 0 Å². The van der Waals surface area contributed by atoms with Gasteiger partial charge in [0, 0.05) is 25.1 Å². The van der Waals surface area contributed by atoms with Crippen molar-refractivity contribution in [3.8, 4) is 16.9 Å². The van der Waals surface area contributed by atoms with Gasteiger partial charge in [0.15, 0.2) is 0 Å². The van der Waals surface area contributed by atoms with E-state index in [0.29, 0.717) is 31.1 Å². The number of hydrogen-bond acceptors (Lipinski definition) is 4. The molecule has 3 aromatic rings. The van der Waals surface area contributed by atoms with E-state index in [-0.39, 0.29) is 5.82 Å². The Morgan fingerprint density at radius 3 is 2.88 bits per heavy atom. The number of aromatic amines is 1. The zero-order valence-corrected chi connectivity index (χ0v) is 13.6. The van der Waals surface area contributed by atoms with Gasteiger partial charge in [0.05, 0.1) is 43.2 Å². The number of halogens is 1. The topological polar surface area (TPSA) is 65.0 Å². The molecule has 0 radical (unpaired) electrons. The molecule has 24 heavy (non-hydrogen) atoms. The van der Waals surface area contributed by atoms with Gasteiger partial charge in [-0.15, -0.1) is 0 Å². The molecule has 0 amide bonds. The van der Waals surface area contributed by atoms with E-state index in [2.05, 4.69) is 15.2 Å². The molecule has 0 fully saturated rings. The van der Waals surface area contributed by atoms with Crippen molar-refractivity contribution in [2.24, 2.45) is 0 Å². The lowest BCUT2D eigenvalue weighted by Crippen LogP contribution is -2.01. The average molecular weight is 330 g/mol. The molecule has 2 heterocycles. The van der Waals surface area contributed by atoms with Crippen LogP contribution in [0.25, 0.3) is 16.9 Å². The van der Waals surface area contributed by atoms with Crippen molar-refractivity contribution in [3.05, 3.63) is 54.0 Å². The van der Waals surface area contributed by atoms with Crippen LogP contribution in [-0.2, 0) is 16.1 Å². The molecule has 0 spiro atoms. The van der Waals surface area contributed by atoms with Gasteiger partial charge in [-0.2, -0.15) is 5.10 Å². The summed E-state index contributed by atoms with van der Waals surface area (Å²) in [6, 6.07) is 5.07. The Hall–Kier alpha value is -2.51. The molecule has 0 aliphatic carbocycles. The summed E-state index contributed by atoms with van der Waals surface area (Å²) in [7, 11) is 1.62. The van der Waals surface area contributed by atoms with Crippen LogP contribution in [0, 0.1) is 12.7 Å². The second-order valence-corrected chi connectivity index (χ2v) is 5.41. The van der Waals surface area contributed by atoms with Crippen LogP contribution in [0.5, 0.6) is 0 Å². The summed E-state index contributed by atoms with van der Waals surface area (Å²) < 4.78 is 26.6. The highest BCUT2D eigenvalue weighted by Crippen LogP contribution is 2.27. The van der Waals surface area contributed by atoms with Crippen LogP contribution in [-0.4, -0.2) is 40.1 Å². The first-order valence-corrected chi connectivity index (χ1v) is 7.59. The predicted octanol–water partition coefficient (Wildman–Crippen LogP) is 2.87. The van der Waals surface area contributed by atoms with Crippen LogP contribution < -0.4 is 0 Å². The van der Waals surface area contributed by atoms with E-state index in [1.807, 2.05) is 17.7 Å². The van der Waals surface area contributed by atoms with Gasteiger partial charge in [-0.3, -0.25) is 5.10 Å². The number of benzene rings is 1. The Morgan fingerprint density at radius 2 is 2.12 bits per heavy atom. The van der Waals surface area contributed by atoms with E-state index in [9.17, 15) is 4.39 Å². The Kier molecular flexibility index (Phi) is 5.02. The molecule has 3 rings (SSSR count).